The van der Waals surface area contributed by atoms with Crippen LogP contribution >= 0.6 is 0 Å². The van der Waals surface area contributed by atoms with Crippen LogP contribution in [-0.2, 0) is 4.79 Å². The van der Waals surface area contributed by atoms with Crippen LogP contribution in [0.2, 0.25) is 0 Å². The Labute approximate surface area is 125 Å². The zero-order valence-electron chi connectivity index (χ0n) is 12.5. The van der Waals surface area contributed by atoms with E-state index in [1.807, 2.05) is 36.4 Å². The topological polar surface area (TPSA) is 42.2 Å². The van der Waals surface area contributed by atoms with Crippen LogP contribution in [0.5, 0.6) is 0 Å². The summed E-state index contributed by atoms with van der Waals surface area (Å²) in [6, 6.07) is 13.7. The Morgan fingerprint density at radius 3 is 2.57 bits per heavy atom. The van der Waals surface area contributed by atoms with Crippen molar-refractivity contribution in [2.24, 2.45) is 5.92 Å². The third-order valence-corrected chi connectivity index (χ3v) is 3.17. The molecule has 0 saturated carbocycles. The van der Waals surface area contributed by atoms with E-state index in [1.165, 1.54) is 6.08 Å². The van der Waals surface area contributed by atoms with Gasteiger partial charge >= 0.3 is 0 Å². The molecule has 0 aliphatic heterocycles. The molecule has 0 spiro atoms. The van der Waals surface area contributed by atoms with Crippen molar-refractivity contribution in [3.8, 4) is 0 Å². The quantitative estimate of drug-likeness (QED) is 0.807. The first-order chi connectivity index (χ1) is 10.1. The van der Waals surface area contributed by atoms with E-state index in [4.69, 9.17) is 4.42 Å². The first-order valence-corrected chi connectivity index (χ1v) is 7.22. The number of furan rings is 1. The molecule has 2 rings (SSSR count). The number of carbonyl (C=O) groups is 1. The van der Waals surface area contributed by atoms with Crippen molar-refractivity contribution >= 4 is 12.0 Å². The third kappa shape index (κ3) is 4.95. The van der Waals surface area contributed by atoms with E-state index in [1.54, 1.807) is 18.4 Å². The van der Waals surface area contributed by atoms with Crippen molar-refractivity contribution in [1.82, 2.24) is 5.32 Å². The van der Waals surface area contributed by atoms with Gasteiger partial charge in [0.2, 0.25) is 5.91 Å². The summed E-state index contributed by atoms with van der Waals surface area (Å²) in [7, 11) is 0. The molecule has 0 saturated heterocycles. The molecule has 1 N–H and O–H groups in total. The van der Waals surface area contributed by atoms with Gasteiger partial charge in [-0.25, -0.2) is 0 Å². The number of benzene rings is 1. The molecule has 1 unspecified atom stereocenters. The second-order valence-electron chi connectivity index (χ2n) is 5.45. The Hall–Kier alpha value is -2.29. The van der Waals surface area contributed by atoms with Crippen LogP contribution in [0.1, 0.15) is 37.6 Å². The van der Waals surface area contributed by atoms with E-state index in [0.717, 1.165) is 12.0 Å². The van der Waals surface area contributed by atoms with Gasteiger partial charge in [-0.3, -0.25) is 4.79 Å². The molecule has 2 aromatic rings. The van der Waals surface area contributed by atoms with Gasteiger partial charge in [0.15, 0.2) is 0 Å². The maximum atomic E-state index is 12.1. The first kappa shape index (κ1) is 15.1. The molecule has 0 bridgehead atoms. The van der Waals surface area contributed by atoms with Crippen LogP contribution in [0.3, 0.4) is 0 Å². The average Bonchev–Trinajstić information content (AvgIpc) is 2.98. The van der Waals surface area contributed by atoms with Crippen molar-refractivity contribution in [2.45, 2.75) is 26.3 Å². The lowest BCUT2D eigenvalue weighted by molar-refractivity contribution is -0.117. The normalized spacial score (nSPS) is 12.7. The molecule has 1 aromatic carbocycles. The Bertz CT molecular complexity index is 571. The van der Waals surface area contributed by atoms with Gasteiger partial charge < -0.3 is 9.73 Å². The maximum Gasteiger partial charge on any atom is 0.244 e. The Morgan fingerprint density at radius 1 is 1.19 bits per heavy atom. The summed E-state index contributed by atoms with van der Waals surface area (Å²) in [5, 5.41) is 3.06. The average molecular weight is 283 g/mol. The highest BCUT2D eigenvalue weighted by atomic mass is 16.3. The summed E-state index contributed by atoms with van der Waals surface area (Å²) < 4.78 is 5.17. The van der Waals surface area contributed by atoms with E-state index >= 15 is 0 Å². The minimum Gasteiger partial charge on any atom is -0.465 e. The lowest BCUT2D eigenvalue weighted by Crippen LogP contribution is -2.27. The van der Waals surface area contributed by atoms with E-state index < -0.39 is 0 Å². The lowest BCUT2D eigenvalue weighted by Gasteiger charge is -2.20. The van der Waals surface area contributed by atoms with E-state index in [2.05, 4.69) is 19.2 Å². The number of rotatable bonds is 6. The fourth-order valence-electron chi connectivity index (χ4n) is 2.20. The molecule has 1 amide bonds. The lowest BCUT2D eigenvalue weighted by atomic mass is 9.97. The predicted molar refractivity (Wildman–Crippen MR) is 84.5 cm³/mol. The number of carbonyl (C=O) groups excluding carboxylic acids is 1. The molecule has 21 heavy (non-hydrogen) atoms. The van der Waals surface area contributed by atoms with Crippen molar-refractivity contribution in [3.05, 3.63) is 66.1 Å². The van der Waals surface area contributed by atoms with E-state index in [9.17, 15) is 4.79 Å². The zero-order valence-corrected chi connectivity index (χ0v) is 12.5. The minimum absolute atomic E-state index is 0.0277. The summed E-state index contributed by atoms with van der Waals surface area (Å²) in [5.41, 5.74) is 1.13. The number of amides is 1. The van der Waals surface area contributed by atoms with Gasteiger partial charge in [-0.1, -0.05) is 44.2 Å². The van der Waals surface area contributed by atoms with Crippen molar-refractivity contribution in [3.63, 3.8) is 0 Å². The second kappa shape index (κ2) is 7.48. The third-order valence-electron chi connectivity index (χ3n) is 3.17. The summed E-state index contributed by atoms with van der Waals surface area (Å²) in [6.07, 6.45) is 5.68. The highest BCUT2D eigenvalue weighted by Gasteiger charge is 2.14. The molecule has 0 aliphatic carbocycles. The van der Waals surface area contributed by atoms with Gasteiger partial charge in [0.05, 0.1) is 12.3 Å². The van der Waals surface area contributed by atoms with E-state index in [0.29, 0.717) is 11.7 Å². The maximum absolute atomic E-state index is 12.1. The van der Waals surface area contributed by atoms with Gasteiger partial charge in [-0.2, -0.15) is 0 Å². The molecule has 0 radical (unpaired) electrons. The van der Waals surface area contributed by atoms with Gasteiger partial charge in [-0.15, -0.1) is 0 Å². The zero-order chi connectivity index (χ0) is 15.1. The highest BCUT2D eigenvalue weighted by molar-refractivity contribution is 5.91. The molecular weight excluding hydrogens is 262 g/mol. The van der Waals surface area contributed by atoms with Gasteiger partial charge in [0.1, 0.15) is 5.76 Å². The van der Waals surface area contributed by atoms with Crippen LogP contribution in [0, 0.1) is 5.92 Å². The monoisotopic (exact) mass is 283 g/mol. The molecule has 1 atom stereocenters. The standard InChI is InChI=1S/C18H21NO2/c1-14(2)13-17(15-7-4-3-5-8-15)19-18(20)11-10-16-9-6-12-21-16/h3-12,14,17H,13H2,1-2H3,(H,19,20)/b11-10+. The van der Waals surface area contributed by atoms with Crippen LogP contribution < -0.4 is 5.32 Å². The minimum atomic E-state index is -0.110. The summed E-state index contributed by atoms with van der Waals surface area (Å²) in [5.74, 6) is 1.07. The molecule has 0 aliphatic rings. The van der Waals surface area contributed by atoms with Gasteiger partial charge in [0.25, 0.3) is 0 Å². The molecular formula is C18H21NO2. The molecule has 110 valence electrons. The van der Waals surface area contributed by atoms with Crippen LogP contribution in [0.4, 0.5) is 0 Å². The number of hydrogen-bond donors (Lipinski definition) is 1. The Morgan fingerprint density at radius 2 is 1.95 bits per heavy atom. The summed E-state index contributed by atoms with van der Waals surface area (Å²) >= 11 is 0. The van der Waals surface area contributed by atoms with E-state index in [-0.39, 0.29) is 11.9 Å². The van der Waals surface area contributed by atoms with Gasteiger partial charge in [0, 0.05) is 6.08 Å². The smallest absolute Gasteiger partial charge is 0.244 e. The van der Waals surface area contributed by atoms with Gasteiger partial charge in [-0.05, 0) is 36.1 Å². The molecule has 3 heteroatoms. The van der Waals surface area contributed by atoms with Crippen molar-refractivity contribution < 1.29 is 9.21 Å². The van der Waals surface area contributed by atoms with Crippen LogP contribution in [-0.4, -0.2) is 5.91 Å². The first-order valence-electron chi connectivity index (χ1n) is 7.22. The molecule has 0 fully saturated rings. The fraction of sp³-hybridized carbons (Fsp3) is 0.278. The molecule has 3 nitrogen and oxygen atoms in total. The highest BCUT2D eigenvalue weighted by Crippen LogP contribution is 2.21. The SMILES string of the molecule is CC(C)CC(NC(=O)/C=C/c1ccco1)c1ccccc1. The predicted octanol–water partition coefficient (Wildman–Crippen LogP) is 4.20. The molecule has 1 heterocycles. The number of nitrogens with one attached hydrogen (secondary N) is 1. The van der Waals surface area contributed by atoms with Crippen LogP contribution in [0.15, 0.2) is 59.2 Å². The van der Waals surface area contributed by atoms with Crippen LogP contribution in [0.25, 0.3) is 6.08 Å². The second-order valence-corrected chi connectivity index (χ2v) is 5.45. The Balaban J connectivity index is 2.03. The fourth-order valence-corrected chi connectivity index (χ4v) is 2.20. The Kier molecular flexibility index (Phi) is 5.38. The molecule has 1 aromatic heterocycles. The van der Waals surface area contributed by atoms with Crippen molar-refractivity contribution in [2.75, 3.05) is 0 Å². The largest absolute Gasteiger partial charge is 0.465 e. The summed E-state index contributed by atoms with van der Waals surface area (Å²) in [6.45, 7) is 4.31. The van der Waals surface area contributed by atoms with Crippen molar-refractivity contribution in [1.29, 1.82) is 0 Å². The summed E-state index contributed by atoms with van der Waals surface area (Å²) in [4.78, 5) is 12.1. The number of hydrogen-bond acceptors (Lipinski definition) is 2.